The van der Waals surface area contributed by atoms with Gasteiger partial charge in [-0.3, -0.25) is 0 Å². The summed E-state index contributed by atoms with van der Waals surface area (Å²) in [5.41, 5.74) is 0.806. The van der Waals surface area contributed by atoms with E-state index in [2.05, 4.69) is 0 Å². The number of alkyl halides is 9. The highest BCUT2D eigenvalue weighted by Crippen LogP contribution is 2.71. The van der Waals surface area contributed by atoms with Gasteiger partial charge in [-0.25, -0.2) is 3.63 Å². The van der Waals surface area contributed by atoms with E-state index in [1.54, 1.807) is 0 Å². The summed E-state index contributed by atoms with van der Waals surface area (Å²) in [6, 6.07) is 35.5. The number of hydrogen-bond donors (Lipinski definition) is 0. The minimum Gasteiger partial charge on any atom is -0.489 e. The van der Waals surface area contributed by atoms with Crippen molar-refractivity contribution < 1.29 is 56.3 Å². The molecule has 0 radical (unpaired) electrons. The molecule has 0 saturated heterocycles. The first-order chi connectivity index (χ1) is 24.4. The molecule has 6 aromatic carbocycles. The first-order valence-corrected chi connectivity index (χ1v) is 18.1. The molecule has 0 spiro atoms. The van der Waals surface area contributed by atoms with Gasteiger partial charge in [0, 0.05) is 14.7 Å². The standard InChI is InChI=1S/C37H25F9O4S2/c38-34(39,36(42,43)44)35(40,41)37(45,46)52(47,48)50-51(28-12-3-1-4-13-28,29-14-5-2-6-15-29)30-21-19-27(20-22-30)49-24-26-23-25-11-7-8-16-31(25)33-18-10-9-17-32(26)33/h1-23H,24H2. The maximum Gasteiger partial charge on any atom is 0.460 e. The van der Waals surface area contributed by atoms with E-state index < -0.39 is 43.7 Å². The molecule has 0 amide bonds. The molecule has 0 heterocycles. The highest BCUT2D eigenvalue weighted by molar-refractivity contribution is 8.33. The second-order valence-electron chi connectivity index (χ2n) is 11.4. The van der Waals surface area contributed by atoms with Gasteiger partial charge in [0.15, 0.2) is 0 Å². The SMILES string of the molecule is O=S(=O)(OS(c1ccccc1)(c1ccccc1)c1ccc(OCc2cc3ccccc3c3ccccc23)cc1)C(F)(F)C(F)(F)C(F)(F)C(F)(F)F. The molecule has 0 aliphatic rings. The van der Waals surface area contributed by atoms with Gasteiger partial charge in [-0.1, -0.05) is 84.9 Å². The van der Waals surface area contributed by atoms with Crippen molar-refractivity contribution >= 4 is 42.0 Å². The summed E-state index contributed by atoms with van der Waals surface area (Å²) in [5.74, 6) is -14.8. The minimum absolute atomic E-state index is 0.0413. The third kappa shape index (κ3) is 6.13. The van der Waals surface area contributed by atoms with E-state index in [-0.39, 0.29) is 27.0 Å². The lowest BCUT2D eigenvalue weighted by Gasteiger charge is -2.41. The Bertz CT molecular complexity index is 2280. The summed E-state index contributed by atoms with van der Waals surface area (Å²) in [4.78, 5) is -0.607. The van der Waals surface area contributed by atoms with Crippen LogP contribution in [0.15, 0.2) is 154 Å². The molecule has 6 aromatic rings. The van der Waals surface area contributed by atoms with Crippen molar-refractivity contribution in [3.05, 3.63) is 145 Å². The average Bonchev–Trinajstić information content (AvgIpc) is 3.13. The number of fused-ring (bicyclic) bond motifs is 3. The highest BCUT2D eigenvalue weighted by Gasteiger charge is 2.86. The molecule has 272 valence electrons. The van der Waals surface area contributed by atoms with Gasteiger partial charge in [-0.05, 0) is 92.0 Å². The van der Waals surface area contributed by atoms with Crippen LogP contribution in [0.25, 0.3) is 21.5 Å². The molecule has 0 N–H and O–H groups in total. The summed E-state index contributed by atoms with van der Waals surface area (Å²) < 4.78 is 163. The lowest BCUT2D eigenvalue weighted by Crippen LogP contribution is -2.63. The van der Waals surface area contributed by atoms with Crippen LogP contribution in [0.2, 0.25) is 0 Å². The van der Waals surface area contributed by atoms with E-state index in [1.807, 2.05) is 54.6 Å². The summed E-state index contributed by atoms with van der Waals surface area (Å²) in [6.45, 7) is 0.0413. The highest BCUT2D eigenvalue weighted by atomic mass is 32.3. The van der Waals surface area contributed by atoms with Crippen LogP contribution in [0.5, 0.6) is 5.75 Å². The Kier molecular flexibility index (Phi) is 9.51. The van der Waals surface area contributed by atoms with E-state index in [0.717, 1.165) is 27.1 Å². The second-order valence-corrected chi connectivity index (χ2v) is 15.9. The molecule has 0 unspecified atom stereocenters. The molecular weight excluding hydrogens is 744 g/mol. The molecule has 0 aromatic heterocycles. The molecule has 0 bridgehead atoms. The number of halogens is 9. The topological polar surface area (TPSA) is 52.6 Å². The third-order valence-corrected chi connectivity index (χ3v) is 13.4. The molecule has 15 heteroatoms. The van der Waals surface area contributed by atoms with Gasteiger partial charge < -0.3 is 4.74 Å². The fraction of sp³-hybridized carbons (Fsp3) is 0.135. The smallest absolute Gasteiger partial charge is 0.460 e. The first kappa shape index (κ1) is 37.0. The van der Waals surface area contributed by atoms with Crippen LogP contribution in [-0.2, 0) is 20.4 Å². The third-order valence-electron chi connectivity index (χ3n) is 8.18. The van der Waals surface area contributed by atoms with Crippen molar-refractivity contribution in [3.63, 3.8) is 0 Å². The van der Waals surface area contributed by atoms with Crippen molar-refractivity contribution in [2.75, 3.05) is 0 Å². The second kappa shape index (κ2) is 13.4. The van der Waals surface area contributed by atoms with Crippen molar-refractivity contribution in [3.8, 4) is 5.75 Å². The van der Waals surface area contributed by atoms with Crippen LogP contribution >= 0.6 is 10.3 Å². The van der Waals surface area contributed by atoms with Gasteiger partial charge in [-0.2, -0.15) is 47.9 Å². The van der Waals surface area contributed by atoms with Gasteiger partial charge >= 0.3 is 33.4 Å². The van der Waals surface area contributed by atoms with Crippen LogP contribution in [0.4, 0.5) is 39.5 Å². The Balaban J connectivity index is 1.44. The van der Waals surface area contributed by atoms with Crippen molar-refractivity contribution in [2.45, 2.75) is 44.6 Å². The molecule has 0 atom stereocenters. The van der Waals surface area contributed by atoms with Crippen LogP contribution in [-0.4, -0.2) is 31.7 Å². The fourth-order valence-corrected chi connectivity index (χ4v) is 10.8. The van der Waals surface area contributed by atoms with Crippen molar-refractivity contribution in [2.24, 2.45) is 0 Å². The largest absolute Gasteiger partial charge is 0.489 e. The Morgan fingerprint density at radius 1 is 0.500 bits per heavy atom. The first-order valence-electron chi connectivity index (χ1n) is 15.2. The number of benzene rings is 6. The van der Waals surface area contributed by atoms with Gasteiger partial charge in [0.1, 0.15) is 12.4 Å². The Morgan fingerprint density at radius 2 is 0.962 bits per heavy atom. The van der Waals surface area contributed by atoms with Crippen LogP contribution in [0, 0.1) is 0 Å². The average molecular weight is 769 g/mol. The molecule has 52 heavy (non-hydrogen) atoms. The Hall–Kier alpha value is -4.73. The maximum atomic E-state index is 15.2. The van der Waals surface area contributed by atoms with Crippen LogP contribution in [0.3, 0.4) is 0 Å². The normalized spacial score (nSPS) is 13.7. The van der Waals surface area contributed by atoms with Gasteiger partial charge in [0.2, 0.25) is 0 Å². The van der Waals surface area contributed by atoms with Crippen molar-refractivity contribution in [1.82, 2.24) is 0 Å². The van der Waals surface area contributed by atoms with Crippen LogP contribution in [0.1, 0.15) is 5.56 Å². The lowest BCUT2D eigenvalue weighted by molar-refractivity contribution is -0.382. The van der Waals surface area contributed by atoms with Gasteiger partial charge in [-0.15, -0.1) is 0 Å². The molecule has 6 rings (SSSR count). The summed E-state index contributed by atoms with van der Waals surface area (Å²) >= 11 is 0. The maximum absolute atomic E-state index is 15.2. The van der Waals surface area contributed by atoms with Gasteiger partial charge in [0.05, 0.1) is 0 Å². The Labute approximate surface area is 293 Å². The Morgan fingerprint density at radius 3 is 1.50 bits per heavy atom. The zero-order chi connectivity index (χ0) is 37.6. The molecule has 0 fully saturated rings. The summed E-state index contributed by atoms with van der Waals surface area (Å²) in [5, 5.41) is -3.23. The summed E-state index contributed by atoms with van der Waals surface area (Å²) in [7, 11) is -11.5. The van der Waals surface area contributed by atoms with E-state index in [4.69, 9.17) is 8.37 Å². The summed E-state index contributed by atoms with van der Waals surface area (Å²) in [6.07, 6.45) is -7.24. The van der Waals surface area contributed by atoms with E-state index >= 15 is 8.78 Å². The molecule has 4 nitrogen and oxygen atoms in total. The molecular formula is C37H25F9O4S2. The zero-order valence-electron chi connectivity index (χ0n) is 26.3. The zero-order valence-corrected chi connectivity index (χ0v) is 28.0. The number of ether oxygens (including phenoxy) is 1. The molecule has 0 aliphatic heterocycles. The van der Waals surface area contributed by atoms with E-state index in [9.17, 15) is 39.2 Å². The van der Waals surface area contributed by atoms with Crippen LogP contribution < -0.4 is 4.74 Å². The lowest BCUT2D eigenvalue weighted by atomic mass is 9.98. The quantitative estimate of drug-likeness (QED) is 0.0973. The van der Waals surface area contributed by atoms with Gasteiger partial charge in [0.25, 0.3) is 0 Å². The minimum atomic E-state index is -7.49. The molecule has 0 aliphatic carbocycles. The van der Waals surface area contributed by atoms with Crippen molar-refractivity contribution in [1.29, 1.82) is 0 Å². The predicted octanol–water partition coefficient (Wildman–Crippen LogP) is 11.5. The number of hydrogen-bond acceptors (Lipinski definition) is 4. The van der Waals surface area contributed by atoms with E-state index in [0.29, 0.717) is 0 Å². The predicted molar refractivity (Wildman–Crippen MR) is 178 cm³/mol. The number of rotatable bonds is 11. The monoisotopic (exact) mass is 768 g/mol. The molecule has 0 saturated carbocycles. The fourth-order valence-electron chi connectivity index (χ4n) is 5.58. The van der Waals surface area contributed by atoms with E-state index in [1.165, 1.54) is 84.9 Å².